The zero-order valence-electron chi connectivity index (χ0n) is 8.29. The van der Waals surface area contributed by atoms with Gasteiger partial charge >= 0.3 is 0 Å². The van der Waals surface area contributed by atoms with E-state index in [1.807, 2.05) is 6.92 Å². The number of halogens is 1. The van der Waals surface area contributed by atoms with Crippen molar-refractivity contribution in [3.05, 3.63) is 41.7 Å². The minimum Gasteiger partial charge on any atom is -0.381 e. The van der Waals surface area contributed by atoms with Crippen LogP contribution in [0.25, 0.3) is 0 Å². The summed E-state index contributed by atoms with van der Waals surface area (Å²) in [6.45, 7) is 2.56. The molecule has 0 unspecified atom stereocenters. The lowest BCUT2D eigenvalue weighted by Crippen LogP contribution is -2.00. The van der Waals surface area contributed by atoms with Crippen LogP contribution in [0.5, 0.6) is 0 Å². The van der Waals surface area contributed by atoms with Gasteiger partial charge in [-0.25, -0.2) is 4.98 Å². The fourth-order valence-corrected chi connectivity index (χ4v) is 1.26. The molecule has 15 heavy (non-hydrogen) atoms. The number of hydrogen-bond acceptors (Lipinski definition) is 3. The minimum atomic E-state index is -0.482. The number of H-pyrrole nitrogens is 1. The van der Waals surface area contributed by atoms with E-state index in [1.54, 1.807) is 12.3 Å². The number of nitrogens with one attached hydrogen (secondary N) is 2. The molecule has 0 aliphatic rings. The molecule has 0 spiro atoms. The van der Waals surface area contributed by atoms with Crippen LogP contribution in [0.2, 0.25) is 0 Å². The first kappa shape index (κ1) is 9.64. The highest BCUT2D eigenvalue weighted by Gasteiger charge is 2.00. The Morgan fingerprint density at radius 1 is 1.53 bits per heavy atom. The van der Waals surface area contributed by atoms with E-state index in [2.05, 4.69) is 20.5 Å². The molecule has 78 valence electrons. The van der Waals surface area contributed by atoms with E-state index in [9.17, 15) is 4.39 Å². The summed E-state index contributed by atoms with van der Waals surface area (Å²) in [6.07, 6.45) is 3.18. The fraction of sp³-hybridized carbons (Fsp3) is 0.200. The maximum atomic E-state index is 12.7. The van der Waals surface area contributed by atoms with Gasteiger partial charge in [0.1, 0.15) is 0 Å². The Morgan fingerprint density at radius 2 is 2.40 bits per heavy atom. The molecule has 2 heterocycles. The number of aryl methyl sites for hydroxylation is 1. The molecule has 0 aliphatic carbocycles. The molecule has 0 bridgehead atoms. The summed E-state index contributed by atoms with van der Waals surface area (Å²) in [4.78, 5) is 3.48. The van der Waals surface area contributed by atoms with Crippen LogP contribution < -0.4 is 5.32 Å². The SMILES string of the molecule is Cc1[nH]ncc1CNc1ccnc(F)c1. The van der Waals surface area contributed by atoms with Crippen LogP contribution in [0.4, 0.5) is 10.1 Å². The van der Waals surface area contributed by atoms with Crippen LogP contribution in [-0.4, -0.2) is 15.2 Å². The number of hydrogen-bond donors (Lipinski definition) is 2. The summed E-state index contributed by atoms with van der Waals surface area (Å²) in [5.41, 5.74) is 2.78. The first-order valence-corrected chi connectivity index (χ1v) is 4.60. The highest BCUT2D eigenvalue weighted by molar-refractivity contribution is 5.42. The van der Waals surface area contributed by atoms with Crippen molar-refractivity contribution in [3.8, 4) is 0 Å². The van der Waals surface area contributed by atoms with Crippen LogP contribution in [0.1, 0.15) is 11.3 Å². The maximum Gasteiger partial charge on any atom is 0.214 e. The van der Waals surface area contributed by atoms with Gasteiger partial charge in [-0.2, -0.15) is 9.49 Å². The molecule has 0 radical (unpaired) electrons. The second-order valence-electron chi connectivity index (χ2n) is 3.24. The first-order valence-electron chi connectivity index (χ1n) is 4.60. The van der Waals surface area contributed by atoms with E-state index >= 15 is 0 Å². The van der Waals surface area contributed by atoms with Crippen LogP contribution in [-0.2, 0) is 6.54 Å². The highest BCUT2D eigenvalue weighted by atomic mass is 19.1. The Balaban J connectivity index is 2.02. The normalized spacial score (nSPS) is 10.3. The summed E-state index contributed by atoms with van der Waals surface area (Å²) in [6, 6.07) is 3.08. The standard InChI is InChI=1S/C10H11FN4/c1-7-8(6-14-15-7)5-13-9-2-3-12-10(11)4-9/h2-4,6H,5H2,1H3,(H,12,13)(H,14,15). The molecule has 0 aromatic carbocycles. The number of pyridine rings is 1. The number of nitrogens with zero attached hydrogens (tertiary/aromatic N) is 2. The van der Waals surface area contributed by atoms with Crippen molar-refractivity contribution >= 4 is 5.69 Å². The lowest BCUT2D eigenvalue weighted by atomic mass is 10.2. The second kappa shape index (κ2) is 4.08. The minimum absolute atomic E-state index is 0.482. The molecule has 5 heteroatoms. The molecule has 2 N–H and O–H groups in total. The quantitative estimate of drug-likeness (QED) is 0.754. The molecule has 2 aromatic heterocycles. The number of aromatic nitrogens is 3. The summed E-state index contributed by atoms with van der Waals surface area (Å²) in [5.74, 6) is -0.482. The molecule has 0 saturated heterocycles. The topological polar surface area (TPSA) is 53.6 Å². The fourth-order valence-electron chi connectivity index (χ4n) is 1.26. The van der Waals surface area contributed by atoms with Gasteiger partial charge < -0.3 is 5.32 Å². The average molecular weight is 206 g/mol. The van der Waals surface area contributed by atoms with Gasteiger partial charge in [0, 0.05) is 35.8 Å². The predicted molar refractivity (Wildman–Crippen MR) is 54.8 cm³/mol. The van der Waals surface area contributed by atoms with Gasteiger partial charge in [0.2, 0.25) is 5.95 Å². The van der Waals surface area contributed by atoms with Crippen molar-refractivity contribution < 1.29 is 4.39 Å². The summed E-state index contributed by atoms with van der Waals surface area (Å²) in [5, 5.41) is 9.83. The molecule has 2 aromatic rings. The number of anilines is 1. The van der Waals surface area contributed by atoms with Crippen LogP contribution in [0, 0.1) is 12.9 Å². The van der Waals surface area contributed by atoms with E-state index < -0.39 is 5.95 Å². The Hall–Kier alpha value is -1.91. The van der Waals surface area contributed by atoms with Gasteiger partial charge in [0.25, 0.3) is 0 Å². The van der Waals surface area contributed by atoms with Crippen molar-refractivity contribution in [1.29, 1.82) is 0 Å². The van der Waals surface area contributed by atoms with Gasteiger partial charge in [0.05, 0.1) is 6.20 Å². The lowest BCUT2D eigenvalue weighted by Gasteiger charge is -2.04. The molecule has 0 atom stereocenters. The molecular weight excluding hydrogens is 195 g/mol. The van der Waals surface area contributed by atoms with Gasteiger partial charge in [-0.1, -0.05) is 0 Å². The zero-order chi connectivity index (χ0) is 10.7. The van der Waals surface area contributed by atoms with Crippen LogP contribution in [0.15, 0.2) is 24.5 Å². The van der Waals surface area contributed by atoms with Gasteiger partial charge in [0.15, 0.2) is 0 Å². The van der Waals surface area contributed by atoms with E-state index in [1.165, 1.54) is 12.3 Å². The zero-order valence-corrected chi connectivity index (χ0v) is 8.29. The molecule has 0 saturated carbocycles. The molecule has 0 aliphatic heterocycles. The third-order valence-electron chi connectivity index (χ3n) is 2.14. The summed E-state index contributed by atoms with van der Waals surface area (Å²) < 4.78 is 12.7. The Bertz CT molecular complexity index is 452. The molecule has 0 fully saturated rings. The summed E-state index contributed by atoms with van der Waals surface area (Å²) in [7, 11) is 0. The van der Waals surface area contributed by atoms with E-state index in [4.69, 9.17) is 0 Å². The van der Waals surface area contributed by atoms with E-state index in [0.717, 1.165) is 11.3 Å². The van der Waals surface area contributed by atoms with E-state index in [-0.39, 0.29) is 0 Å². The largest absolute Gasteiger partial charge is 0.381 e. The first-order chi connectivity index (χ1) is 7.25. The van der Waals surface area contributed by atoms with Crippen molar-refractivity contribution in [2.45, 2.75) is 13.5 Å². The van der Waals surface area contributed by atoms with Crippen molar-refractivity contribution in [2.75, 3.05) is 5.32 Å². The van der Waals surface area contributed by atoms with Crippen LogP contribution in [0.3, 0.4) is 0 Å². The van der Waals surface area contributed by atoms with Crippen LogP contribution >= 0.6 is 0 Å². The van der Waals surface area contributed by atoms with Gasteiger partial charge in [-0.3, -0.25) is 5.10 Å². The van der Waals surface area contributed by atoms with Crippen molar-refractivity contribution in [3.63, 3.8) is 0 Å². The Morgan fingerprint density at radius 3 is 3.07 bits per heavy atom. The second-order valence-corrected chi connectivity index (χ2v) is 3.24. The third-order valence-corrected chi connectivity index (χ3v) is 2.14. The smallest absolute Gasteiger partial charge is 0.214 e. The van der Waals surface area contributed by atoms with Gasteiger partial charge in [-0.05, 0) is 13.0 Å². The third kappa shape index (κ3) is 2.31. The Labute approximate surface area is 86.6 Å². The highest BCUT2D eigenvalue weighted by Crippen LogP contribution is 2.10. The molecular formula is C10H11FN4. The monoisotopic (exact) mass is 206 g/mol. The van der Waals surface area contributed by atoms with Gasteiger partial charge in [-0.15, -0.1) is 0 Å². The van der Waals surface area contributed by atoms with Crippen molar-refractivity contribution in [1.82, 2.24) is 15.2 Å². The maximum absolute atomic E-state index is 12.7. The predicted octanol–water partition coefficient (Wildman–Crippen LogP) is 1.86. The van der Waals surface area contributed by atoms with E-state index in [0.29, 0.717) is 12.2 Å². The summed E-state index contributed by atoms with van der Waals surface area (Å²) >= 11 is 0. The molecule has 4 nitrogen and oxygen atoms in total. The molecule has 2 rings (SSSR count). The average Bonchev–Trinajstić information content (AvgIpc) is 2.61. The van der Waals surface area contributed by atoms with Crippen molar-refractivity contribution in [2.24, 2.45) is 0 Å². The Kier molecular flexibility index (Phi) is 2.62. The number of rotatable bonds is 3. The lowest BCUT2D eigenvalue weighted by molar-refractivity contribution is 0.584. The molecule has 0 amide bonds. The number of aromatic amines is 1.